The summed E-state index contributed by atoms with van der Waals surface area (Å²) in [6.07, 6.45) is 13.9. The van der Waals surface area contributed by atoms with Gasteiger partial charge in [-0.2, -0.15) is 0 Å². The summed E-state index contributed by atoms with van der Waals surface area (Å²) in [6, 6.07) is 4.10. The number of hydrogen-bond donors (Lipinski definition) is 2. The number of halogens is 1. The van der Waals surface area contributed by atoms with E-state index < -0.39 is 0 Å². The molecule has 0 amide bonds. The molecule has 0 saturated heterocycles. The Balaban J connectivity index is 0.00000261. The van der Waals surface area contributed by atoms with Crippen molar-refractivity contribution in [2.24, 2.45) is 10.9 Å². The Bertz CT molecular complexity index is 704. The molecule has 1 fully saturated rings. The Labute approximate surface area is 179 Å². The summed E-state index contributed by atoms with van der Waals surface area (Å²) in [7, 11) is 1.81. The van der Waals surface area contributed by atoms with Crippen LogP contribution in [0.1, 0.15) is 49.9 Å². The molecule has 1 aliphatic rings. The molecule has 0 spiro atoms. The Hall–Kier alpha value is -1.64. The Morgan fingerprint density at radius 2 is 2.04 bits per heavy atom. The van der Waals surface area contributed by atoms with Gasteiger partial charge in [0, 0.05) is 38.7 Å². The summed E-state index contributed by atoms with van der Waals surface area (Å²) < 4.78 is 1.97. The summed E-state index contributed by atoms with van der Waals surface area (Å²) in [6.45, 7) is 3.66. The predicted octanol–water partition coefficient (Wildman–Crippen LogP) is 3.83. The molecule has 0 aromatic carbocycles. The van der Waals surface area contributed by atoms with Crippen molar-refractivity contribution in [2.75, 3.05) is 13.6 Å². The average Bonchev–Trinajstić information content (AvgIpc) is 3.33. The Morgan fingerprint density at radius 3 is 2.67 bits per heavy atom. The van der Waals surface area contributed by atoms with E-state index in [0.717, 1.165) is 35.6 Å². The van der Waals surface area contributed by atoms with Crippen molar-refractivity contribution in [1.82, 2.24) is 25.2 Å². The standard InChI is InChI=1S/C20H30N6.HI/c1-16-22-12-13-26(16)19-10-9-18(14-24-19)15-25-20(21-2)23-11-5-8-17-6-3-4-7-17;/h9-10,12-14,17H,3-8,11,15H2,1-2H3,(H2,21,23,25);1H. The van der Waals surface area contributed by atoms with Crippen molar-refractivity contribution in [3.63, 3.8) is 0 Å². The number of aromatic nitrogens is 3. The van der Waals surface area contributed by atoms with Gasteiger partial charge >= 0.3 is 0 Å². The monoisotopic (exact) mass is 482 g/mol. The number of nitrogens with one attached hydrogen (secondary N) is 2. The summed E-state index contributed by atoms with van der Waals surface area (Å²) >= 11 is 0. The van der Waals surface area contributed by atoms with Crippen molar-refractivity contribution >= 4 is 29.9 Å². The SMILES string of the molecule is CN=C(NCCCC1CCCC1)NCc1ccc(-n2ccnc2C)nc1.I. The quantitative estimate of drug-likeness (QED) is 0.273. The highest BCUT2D eigenvalue weighted by molar-refractivity contribution is 14.0. The topological polar surface area (TPSA) is 67.1 Å². The van der Waals surface area contributed by atoms with Gasteiger partial charge in [-0.15, -0.1) is 24.0 Å². The molecule has 27 heavy (non-hydrogen) atoms. The minimum atomic E-state index is 0. The first kappa shape index (κ1) is 21.7. The normalized spacial score (nSPS) is 14.8. The van der Waals surface area contributed by atoms with E-state index in [1.807, 2.05) is 37.0 Å². The molecule has 2 aromatic rings. The van der Waals surface area contributed by atoms with Gasteiger partial charge in [0.15, 0.2) is 5.96 Å². The van der Waals surface area contributed by atoms with Gasteiger partial charge in [-0.25, -0.2) is 9.97 Å². The van der Waals surface area contributed by atoms with E-state index in [-0.39, 0.29) is 24.0 Å². The van der Waals surface area contributed by atoms with E-state index in [1.165, 1.54) is 38.5 Å². The number of hydrogen-bond acceptors (Lipinski definition) is 3. The highest BCUT2D eigenvalue weighted by Gasteiger charge is 2.14. The van der Waals surface area contributed by atoms with Crippen LogP contribution in [-0.2, 0) is 6.54 Å². The van der Waals surface area contributed by atoms with E-state index >= 15 is 0 Å². The molecule has 2 heterocycles. The van der Waals surface area contributed by atoms with E-state index in [1.54, 1.807) is 6.20 Å². The lowest BCUT2D eigenvalue weighted by Crippen LogP contribution is -2.37. The fourth-order valence-electron chi connectivity index (χ4n) is 3.59. The predicted molar refractivity (Wildman–Crippen MR) is 121 cm³/mol. The van der Waals surface area contributed by atoms with Gasteiger partial charge in [0.25, 0.3) is 0 Å². The van der Waals surface area contributed by atoms with Crippen LogP contribution < -0.4 is 10.6 Å². The summed E-state index contributed by atoms with van der Waals surface area (Å²) in [4.78, 5) is 13.1. The van der Waals surface area contributed by atoms with Gasteiger partial charge in [-0.1, -0.05) is 31.7 Å². The molecule has 148 valence electrons. The first-order valence-electron chi connectivity index (χ1n) is 9.66. The fraction of sp³-hybridized carbons (Fsp3) is 0.550. The summed E-state index contributed by atoms with van der Waals surface area (Å²) in [5, 5.41) is 6.77. The molecular formula is C20H31IN6. The van der Waals surface area contributed by atoms with Gasteiger partial charge in [0.1, 0.15) is 11.6 Å². The maximum absolute atomic E-state index is 4.53. The molecule has 0 aliphatic heterocycles. The highest BCUT2D eigenvalue weighted by Crippen LogP contribution is 2.28. The van der Waals surface area contributed by atoms with Crippen LogP contribution in [0.4, 0.5) is 0 Å². The van der Waals surface area contributed by atoms with Crippen LogP contribution in [0.3, 0.4) is 0 Å². The first-order chi connectivity index (χ1) is 12.8. The second-order valence-corrected chi connectivity index (χ2v) is 7.01. The van der Waals surface area contributed by atoms with Crippen LogP contribution in [-0.4, -0.2) is 34.1 Å². The molecule has 0 radical (unpaired) electrons. The zero-order valence-corrected chi connectivity index (χ0v) is 18.6. The van der Waals surface area contributed by atoms with Gasteiger partial charge in [0.2, 0.25) is 0 Å². The zero-order valence-electron chi connectivity index (χ0n) is 16.3. The maximum Gasteiger partial charge on any atom is 0.191 e. The molecule has 0 bridgehead atoms. The Morgan fingerprint density at radius 1 is 1.22 bits per heavy atom. The molecular weight excluding hydrogens is 451 g/mol. The molecule has 0 atom stereocenters. The lowest BCUT2D eigenvalue weighted by atomic mass is 10.0. The van der Waals surface area contributed by atoms with Gasteiger partial charge < -0.3 is 10.6 Å². The minimum absolute atomic E-state index is 0. The number of aryl methyl sites for hydroxylation is 1. The van der Waals surface area contributed by atoms with E-state index in [0.29, 0.717) is 6.54 Å². The number of aliphatic imine (C=N–C) groups is 1. The maximum atomic E-state index is 4.53. The first-order valence-corrected chi connectivity index (χ1v) is 9.66. The smallest absolute Gasteiger partial charge is 0.191 e. The molecule has 2 aromatic heterocycles. The van der Waals surface area contributed by atoms with Crippen molar-refractivity contribution in [1.29, 1.82) is 0 Å². The number of imidazole rings is 1. The number of pyridine rings is 1. The van der Waals surface area contributed by atoms with Crippen LogP contribution in [0.5, 0.6) is 0 Å². The van der Waals surface area contributed by atoms with Crippen molar-refractivity contribution in [3.05, 3.63) is 42.1 Å². The Kier molecular flexibility index (Phi) is 9.03. The summed E-state index contributed by atoms with van der Waals surface area (Å²) in [5.74, 6) is 3.63. The third-order valence-corrected chi connectivity index (χ3v) is 5.12. The second kappa shape index (κ2) is 11.3. The van der Waals surface area contributed by atoms with Crippen LogP contribution in [0.25, 0.3) is 5.82 Å². The van der Waals surface area contributed by atoms with Crippen LogP contribution in [0.15, 0.2) is 35.7 Å². The second-order valence-electron chi connectivity index (χ2n) is 7.01. The van der Waals surface area contributed by atoms with E-state index in [9.17, 15) is 0 Å². The molecule has 6 nitrogen and oxygen atoms in total. The molecule has 1 saturated carbocycles. The van der Waals surface area contributed by atoms with Crippen LogP contribution >= 0.6 is 24.0 Å². The highest BCUT2D eigenvalue weighted by atomic mass is 127. The van der Waals surface area contributed by atoms with E-state index in [2.05, 4.69) is 31.7 Å². The lowest BCUT2D eigenvalue weighted by molar-refractivity contribution is 0.481. The van der Waals surface area contributed by atoms with E-state index in [4.69, 9.17) is 0 Å². The lowest BCUT2D eigenvalue weighted by Gasteiger charge is -2.13. The molecule has 3 rings (SSSR count). The minimum Gasteiger partial charge on any atom is -0.356 e. The van der Waals surface area contributed by atoms with Gasteiger partial charge in [0.05, 0.1) is 0 Å². The fourth-order valence-corrected chi connectivity index (χ4v) is 3.59. The third kappa shape index (κ3) is 6.48. The molecule has 1 aliphatic carbocycles. The van der Waals surface area contributed by atoms with Crippen LogP contribution in [0.2, 0.25) is 0 Å². The van der Waals surface area contributed by atoms with Crippen molar-refractivity contribution in [2.45, 2.75) is 52.0 Å². The number of rotatable bonds is 7. The van der Waals surface area contributed by atoms with Crippen molar-refractivity contribution in [3.8, 4) is 5.82 Å². The zero-order chi connectivity index (χ0) is 18.2. The molecule has 2 N–H and O–H groups in total. The van der Waals surface area contributed by atoms with Gasteiger partial charge in [-0.05, 0) is 37.3 Å². The van der Waals surface area contributed by atoms with Gasteiger partial charge in [-0.3, -0.25) is 9.56 Å². The third-order valence-electron chi connectivity index (χ3n) is 5.12. The molecule has 7 heteroatoms. The number of nitrogens with zero attached hydrogens (tertiary/aromatic N) is 4. The van der Waals surface area contributed by atoms with Crippen molar-refractivity contribution < 1.29 is 0 Å². The van der Waals surface area contributed by atoms with Crippen LogP contribution in [0, 0.1) is 12.8 Å². The number of guanidine groups is 1. The average molecular weight is 482 g/mol. The largest absolute Gasteiger partial charge is 0.356 e. The molecule has 0 unspecified atom stereocenters. The summed E-state index contributed by atoms with van der Waals surface area (Å²) in [5.41, 5.74) is 1.13.